The highest BCUT2D eigenvalue weighted by atomic mass is 14.4. The second kappa shape index (κ2) is 1.50. The van der Waals surface area contributed by atoms with E-state index in [2.05, 4.69) is 20.3 Å². The molecule has 0 amide bonds. The van der Waals surface area contributed by atoms with Gasteiger partial charge in [0.15, 0.2) is 0 Å². The zero-order chi connectivity index (χ0) is 5.33. The first-order valence-corrected chi connectivity index (χ1v) is 3.17. The molecule has 0 aliphatic heterocycles. The SMILES string of the molecule is CCC1(CC)[CH]C1. The van der Waals surface area contributed by atoms with Gasteiger partial charge in [0.05, 0.1) is 0 Å². The number of hydrogen-bond acceptors (Lipinski definition) is 0. The van der Waals surface area contributed by atoms with Crippen LogP contribution in [0.5, 0.6) is 0 Å². The summed E-state index contributed by atoms with van der Waals surface area (Å²) in [6, 6.07) is 0. The topological polar surface area (TPSA) is 0 Å². The van der Waals surface area contributed by atoms with Gasteiger partial charge in [0.1, 0.15) is 0 Å². The van der Waals surface area contributed by atoms with Crippen LogP contribution in [-0.2, 0) is 0 Å². The van der Waals surface area contributed by atoms with Crippen LogP contribution in [0.3, 0.4) is 0 Å². The quantitative estimate of drug-likeness (QED) is 0.496. The molecule has 0 heteroatoms. The Morgan fingerprint density at radius 3 is 1.86 bits per heavy atom. The lowest BCUT2D eigenvalue weighted by Gasteiger charge is -2.04. The minimum atomic E-state index is 0.708. The lowest BCUT2D eigenvalue weighted by molar-refractivity contribution is 0.498. The average Bonchev–Trinajstić information content (AvgIpc) is 2.46. The maximum Gasteiger partial charge on any atom is -0.0268 e. The van der Waals surface area contributed by atoms with Gasteiger partial charge in [-0.3, -0.25) is 0 Å². The Bertz CT molecular complexity index is 54.4. The smallest absolute Gasteiger partial charge is 0.0268 e. The van der Waals surface area contributed by atoms with Crippen LogP contribution < -0.4 is 0 Å². The normalized spacial score (nSPS) is 24.9. The van der Waals surface area contributed by atoms with Gasteiger partial charge < -0.3 is 0 Å². The Balaban J connectivity index is 2.28. The van der Waals surface area contributed by atoms with Gasteiger partial charge in [-0.15, -0.1) is 0 Å². The minimum Gasteiger partial charge on any atom is -0.0648 e. The van der Waals surface area contributed by atoms with E-state index in [-0.39, 0.29) is 0 Å². The second-order valence-electron chi connectivity index (χ2n) is 2.48. The van der Waals surface area contributed by atoms with E-state index >= 15 is 0 Å². The molecule has 7 heavy (non-hydrogen) atoms. The molecule has 0 nitrogen and oxygen atoms in total. The molecule has 1 fully saturated rings. The molecule has 0 spiro atoms. The van der Waals surface area contributed by atoms with Gasteiger partial charge >= 0.3 is 0 Å². The Hall–Kier alpha value is 0. The van der Waals surface area contributed by atoms with E-state index in [0.29, 0.717) is 5.41 Å². The third-order valence-corrected chi connectivity index (χ3v) is 2.19. The fourth-order valence-electron chi connectivity index (χ4n) is 0.972. The van der Waals surface area contributed by atoms with Crippen molar-refractivity contribution in [2.75, 3.05) is 0 Å². The summed E-state index contributed by atoms with van der Waals surface area (Å²) in [5.74, 6) is 0. The monoisotopic (exact) mass is 97.1 g/mol. The van der Waals surface area contributed by atoms with Crippen LogP contribution >= 0.6 is 0 Å². The highest BCUT2D eigenvalue weighted by Gasteiger charge is 2.38. The van der Waals surface area contributed by atoms with Crippen LogP contribution in [0.25, 0.3) is 0 Å². The van der Waals surface area contributed by atoms with Crippen LogP contribution in [0.15, 0.2) is 0 Å². The lowest BCUT2D eigenvalue weighted by atomic mass is 10.0. The summed E-state index contributed by atoms with van der Waals surface area (Å²) in [5, 5.41) is 0. The molecule has 0 bridgehead atoms. The Morgan fingerprint density at radius 1 is 1.43 bits per heavy atom. The Morgan fingerprint density at radius 2 is 1.86 bits per heavy atom. The van der Waals surface area contributed by atoms with E-state index in [4.69, 9.17) is 0 Å². The summed E-state index contributed by atoms with van der Waals surface area (Å²) in [5.41, 5.74) is 0.708. The molecule has 0 aromatic carbocycles. The third kappa shape index (κ3) is 0.793. The van der Waals surface area contributed by atoms with Crippen molar-refractivity contribution in [2.24, 2.45) is 5.41 Å². The third-order valence-electron chi connectivity index (χ3n) is 2.19. The van der Waals surface area contributed by atoms with Gasteiger partial charge in [-0.05, 0) is 18.3 Å². The molecule has 1 aliphatic carbocycles. The summed E-state index contributed by atoms with van der Waals surface area (Å²) in [4.78, 5) is 0. The van der Waals surface area contributed by atoms with E-state index in [1.54, 1.807) is 0 Å². The van der Waals surface area contributed by atoms with Crippen LogP contribution in [0.2, 0.25) is 0 Å². The van der Waals surface area contributed by atoms with E-state index in [9.17, 15) is 0 Å². The van der Waals surface area contributed by atoms with Gasteiger partial charge in [0, 0.05) is 0 Å². The first kappa shape index (κ1) is 5.14. The summed E-state index contributed by atoms with van der Waals surface area (Å²) in [6.07, 6.45) is 6.50. The van der Waals surface area contributed by atoms with Crippen molar-refractivity contribution in [3.63, 3.8) is 0 Å². The van der Waals surface area contributed by atoms with E-state index in [0.717, 1.165) is 0 Å². The van der Waals surface area contributed by atoms with Gasteiger partial charge in [-0.25, -0.2) is 0 Å². The minimum absolute atomic E-state index is 0.708. The molecular weight excluding hydrogens is 84.1 g/mol. The van der Waals surface area contributed by atoms with Crippen LogP contribution in [-0.4, -0.2) is 0 Å². The molecule has 1 aliphatic rings. The highest BCUT2D eigenvalue weighted by molar-refractivity contribution is 5.08. The molecule has 0 heterocycles. The number of rotatable bonds is 2. The fourth-order valence-corrected chi connectivity index (χ4v) is 0.972. The molecule has 41 valence electrons. The summed E-state index contributed by atoms with van der Waals surface area (Å²) in [7, 11) is 0. The van der Waals surface area contributed by atoms with Crippen LogP contribution in [0.1, 0.15) is 33.1 Å². The van der Waals surface area contributed by atoms with Gasteiger partial charge in [0.25, 0.3) is 0 Å². The van der Waals surface area contributed by atoms with Crippen molar-refractivity contribution in [3.8, 4) is 0 Å². The lowest BCUT2D eigenvalue weighted by Crippen LogP contribution is -1.92. The predicted octanol–water partition coefficient (Wildman–Crippen LogP) is 2.40. The van der Waals surface area contributed by atoms with Crippen LogP contribution in [0, 0.1) is 11.8 Å². The predicted molar refractivity (Wildman–Crippen MR) is 31.9 cm³/mol. The largest absolute Gasteiger partial charge is 0.0648 e. The molecule has 0 aromatic heterocycles. The molecule has 1 radical (unpaired) electrons. The summed E-state index contributed by atoms with van der Waals surface area (Å²) in [6.45, 7) is 4.54. The Kier molecular flexibility index (Phi) is 1.10. The second-order valence-corrected chi connectivity index (χ2v) is 2.48. The molecule has 1 saturated carbocycles. The number of hydrogen-bond donors (Lipinski definition) is 0. The molecule has 0 N–H and O–H groups in total. The average molecular weight is 97.2 g/mol. The van der Waals surface area contributed by atoms with Crippen molar-refractivity contribution in [1.29, 1.82) is 0 Å². The summed E-state index contributed by atoms with van der Waals surface area (Å²) < 4.78 is 0. The van der Waals surface area contributed by atoms with Crippen molar-refractivity contribution in [3.05, 3.63) is 6.42 Å². The molecule has 0 unspecified atom stereocenters. The molecule has 0 aromatic rings. The highest BCUT2D eigenvalue weighted by Crippen LogP contribution is 2.49. The molecule has 1 rings (SSSR count). The van der Waals surface area contributed by atoms with Crippen molar-refractivity contribution >= 4 is 0 Å². The van der Waals surface area contributed by atoms with E-state index in [1.807, 2.05) is 0 Å². The van der Waals surface area contributed by atoms with E-state index in [1.165, 1.54) is 19.3 Å². The maximum absolute atomic E-state index is 2.42. The molecular formula is C7H13. The maximum atomic E-state index is 2.42. The fraction of sp³-hybridized carbons (Fsp3) is 0.857. The van der Waals surface area contributed by atoms with Crippen LogP contribution in [0.4, 0.5) is 0 Å². The van der Waals surface area contributed by atoms with E-state index < -0.39 is 0 Å². The molecule has 0 saturated heterocycles. The standard InChI is InChI=1S/C7H13/c1-3-7(4-2)5-6-7/h5H,3-4,6H2,1-2H3. The Labute approximate surface area is 45.9 Å². The van der Waals surface area contributed by atoms with Gasteiger partial charge in [-0.1, -0.05) is 26.7 Å². The zero-order valence-electron chi connectivity index (χ0n) is 5.20. The van der Waals surface area contributed by atoms with Crippen molar-refractivity contribution in [2.45, 2.75) is 33.1 Å². The summed E-state index contributed by atoms with van der Waals surface area (Å²) >= 11 is 0. The first-order chi connectivity index (χ1) is 3.33. The first-order valence-electron chi connectivity index (χ1n) is 3.17. The van der Waals surface area contributed by atoms with Gasteiger partial charge in [-0.2, -0.15) is 0 Å². The van der Waals surface area contributed by atoms with Crippen molar-refractivity contribution in [1.82, 2.24) is 0 Å². The van der Waals surface area contributed by atoms with Gasteiger partial charge in [0.2, 0.25) is 0 Å². The van der Waals surface area contributed by atoms with Crippen molar-refractivity contribution < 1.29 is 0 Å². The molecule has 0 atom stereocenters. The zero-order valence-corrected chi connectivity index (χ0v) is 5.20.